The number of thioether (sulfide) groups is 1. The molecule has 0 aliphatic rings. The minimum atomic E-state index is -0.104. The molecular formula is C19H23NO3S. The maximum atomic E-state index is 12.3. The molecule has 0 saturated carbocycles. The second-order valence-electron chi connectivity index (χ2n) is 5.46. The predicted molar refractivity (Wildman–Crippen MR) is 97.8 cm³/mol. The summed E-state index contributed by atoms with van der Waals surface area (Å²) in [7, 11) is 3.27. The SMILES string of the molecule is COCC(C)NC(=O)c1ccc(OC)c(CSc2ccccc2)c1. The molecule has 1 amide bonds. The van der Waals surface area contributed by atoms with Crippen LogP contribution in [0.15, 0.2) is 53.4 Å². The number of carbonyl (C=O) groups is 1. The normalized spacial score (nSPS) is 11.8. The first-order valence-corrected chi connectivity index (χ1v) is 8.77. The van der Waals surface area contributed by atoms with Crippen molar-refractivity contribution in [1.82, 2.24) is 5.32 Å². The van der Waals surface area contributed by atoms with Gasteiger partial charge in [0.2, 0.25) is 0 Å². The van der Waals surface area contributed by atoms with Crippen molar-refractivity contribution in [3.05, 3.63) is 59.7 Å². The van der Waals surface area contributed by atoms with Crippen molar-refractivity contribution in [3.8, 4) is 5.75 Å². The van der Waals surface area contributed by atoms with Crippen LogP contribution >= 0.6 is 11.8 Å². The summed E-state index contributed by atoms with van der Waals surface area (Å²) in [5, 5.41) is 2.92. The number of ether oxygens (including phenoxy) is 2. The summed E-state index contributed by atoms with van der Waals surface area (Å²) in [6.45, 7) is 2.40. The van der Waals surface area contributed by atoms with Gasteiger partial charge in [-0.15, -0.1) is 11.8 Å². The minimum absolute atomic E-state index is 0.0354. The third-order valence-corrected chi connectivity index (χ3v) is 4.54. The number of hydrogen-bond donors (Lipinski definition) is 1. The lowest BCUT2D eigenvalue weighted by Gasteiger charge is -2.14. The third-order valence-electron chi connectivity index (χ3n) is 3.47. The molecule has 1 unspecified atom stereocenters. The Kier molecular flexibility index (Phi) is 7.15. The lowest BCUT2D eigenvalue weighted by Crippen LogP contribution is -2.35. The van der Waals surface area contributed by atoms with Gasteiger partial charge in [0.1, 0.15) is 5.75 Å². The average Bonchev–Trinajstić information content (AvgIpc) is 2.60. The van der Waals surface area contributed by atoms with Crippen molar-refractivity contribution < 1.29 is 14.3 Å². The van der Waals surface area contributed by atoms with E-state index < -0.39 is 0 Å². The minimum Gasteiger partial charge on any atom is -0.496 e. The van der Waals surface area contributed by atoms with Gasteiger partial charge in [-0.05, 0) is 37.3 Å². The molecule has 24 heavy (non-hydrogen) atoms. The first-order chi connectivity index (χ1) is 11.6. The summed E-state index contributed by atoms with van der Waals surface area (Å²) in [4.78, 5) is 13.5. The molecule has 4 nitrogen and oxygen atoms in total. The lowest BCUT2D eigenvalue weighted by molar-refractivity contribution is 0.0905. The van der Waals surface area contributed by atoms with E-state index in [0.717, 1.165) is 17.1 Å². The van der Waals surface area contributed by atoms with Gasteiger partial charge in [0.25, 0.3) is 5.91 Å². The van der Waals surface area contributed by atoms with Crippen LogP contribution in [0.5, 0.6) is 5.75 Å². The van der Waals surface area contributed by atoms with E-state index in [1.165, 1.54) is 4.90 Å². The van der Waals surface area contributed by atoms with Gasteiger partial charge in [0.15, 0.2) is 0 Å². The van der Waals surface area contributed by atoms with Crippen LogP contribution < -0.4 is 10.1 Å². The second kappa shape index (κ2) is 9.35. The van der Waals surface area contributed by atoms with Gasteiger partial charge in [0.05, 0.1) is 13.7 Å². The van der Waals surface area contributed by atoms with Crippen molar-refractivity contribution in [3.63, 3.8) is 0 Å². The second-order valence-corrected chi connectivity index (χ2v) is 6.51. The molecule has 0 spiro atoms. The fourth-order valence-electron chi connectivity index (χ4n) is 2.31. The first kappa shape index (κ1) is 18.4. The summed E-state index contributed by atoms with van der Waals surface area (Å²) in [5.41, 5.74) is 1.63. The van der Waals surface area contributed by atoms with E-state index in [1.807, 2.05) is 37.3 Å². The quantitative estimate of drug-likeness (QED) is 0.740. The van der Waals surface area contributed by atoms with Crippen molar-refractivity contribution in [2.45, 2.75) is 23.6 Å². The molecule has 0 bridgehead atoms. The molecule has 5 heteroatoms. The molecule has 0 aliphatic carbocycles. The number of nitrogens with one attached hydrogen (secondary N) is 1. The Balaban J connectivity index is 2.10. The lowest BCUT2D eigenvalue weighted by atomic mass is 10.1. The highest BCUT2D eigenvalue weighted by Crippen LogP contribution is 2.28. The number of amides is 1. The summed E-state index contributed by atoms with van der Waals surface area (Å²) in [5.74, 6) is 1.43. The Hall–Kier alpha value is -1.98. The molecule has 0 aromatic heterocycles. The maximum absolute atomic E-state index is 12.3. The zero-order chi connectivity index (χ0) is 17.4. The van der Waals surface area contributed by atoms with E-state index in [0.29, 0.717) is 12.2 Å². The van der Waals surface area contributed by atoms with E-state index in [9.17, 15) is 4.79 Å². The zero-order valence-corrected chi connectivity index (χ0v) is 15.1. The van der Waals surface area contributed by atoms with Gasteiger partial charge in [0, 0.05) is 34.9 Å². The van der Waals surface area contributed by atoms with Crippen LogP contribution in [0.2, 0.25) is 0 Å². The van der Waals surface area contributed by atoms with Crippen LogP contribution in [0.1, 0.15) is 22.8 Å². The summed E-state index contributed by atoms with van der Waals surface area (Å²) < 4.78 is 10.5. The monoisotopic (exact) mass is 345 g/mol. The highest BCUT2D eigenvalue weighted by molar-refractivity contribution is 7.98. The van der Waals surface area contributed by atoms with E-state index in [-0.39, 0.29) is 11.9 Å². The van der Waals surface area contributed by atoms with Gasteiger partial charge >= 0.3 is 0 Å². The van der Waals surface area contributed by atoms with Crippen molar-refractivity contribution in [2.24, 2.45) is 0 Å². The van der Waals surface area contributed by atoms with Crippen LogP contribution in [0.4, 0.5) is 0 Å². The molecular weight excluding hydrogens is 322 g/mol. The van der Waals surface area contributed by atoms with E-state index in [1.54, 1.807) is 32.0 Å². The third kappa shape index (κ3) is 5.28. The molecule has 1 atom stereocenters. The van der Waals surface area contributed by atoms with E-state index in [2.05, 4.69) is 17.4 Å². The first-order valence-electron chi connectivity index (χ1n) is 7.78. The Labute approximate surface area is 147 Å². The number of rotatable bonds is 8. The van der Waals surface area contributed by atoms with Gasteiger partial charge in [-0.1, -0.05) is 18.2 Å². The van der Waals surface area contributed by atoms with Crippen molar-refractivity contribution >= 4 is 17.7 Å². The Bertz CT molecular complexity index is 661. The maximum Gasteiger partial charge on any atom is 0.251 e. The standard InChI is InChI=1S/C19H23NO3S/c1-14(12-22-2)20-19(21)15-9-10-18(23-3)16(11-15)13-24-17-7-5-4-6-8-17/h4-11,14H,12-13H2,1-3H3,(H,20,21). The topological polar surface area (TPSA) is 47.6 Å². The number of benzene rings is 2. The largest absolute Gasteiger partial charge is 0.496 e. The summed E-state index contributed by atoms with van der Waals surface area (Å²) in [6.07, 6.45) is 0. The van der Waals surface area contributed by atoms with E-state index >= 15 is 0 Å². The average molecular weight is 345 g/mol. The number of hydrogen-bond acceptors (Lipinski definition) is 4. The van der Waals surface area contributed by atoms with Crippen LogP contribution in [-0.2, 0) is 10.5 Å². The molecule has 0 aliphatic heterocycles. The molecule has 0 heterocycles. The van der Waals surface area contributed by atoms with Gasteiger partial charge < -0.3 is 14.8 Å². The Morgan fingerprint density at radius 2 is 1.92 bits per heavy atom. The molecule has 2 aromatic carbocycles. The molecule has 2 rings (SSSR count). The molecule has 0 radical (unpaired) electrons. The van der Waals surface area contributed by atoms with Crippen LogP contribution in [0, 0.1) is 0 Å². The van der Waals surface area contributed by atoms with Gasteiger partial charge in [-0.25, -0.2) is 0 Å². The highest BCUT2D eigenvalue weighted by Gasteiger charge is 2.13. The molecule has 128 valence electrons. The van der Waals surface area contributed by atoms with Crippen molar-refractivity contribution in [2.75, 3.05) is 20.8 Å². The zero-order valence-electron chi connectivity index (χ0n) is 14.2. The number of methoxy groups -OCH3 is 2. The summed E-state index contributed by atoms with van der Waals surface area (Å²) >= 11 is 1.71. The van der Waals surface area contributed by atoms with Crippen LogP contribution in [0.25, 0.3) is 0 Å². The fourth-order valence-corrected chi connectivity index (χ4v) is 3.21. The molecule has 0 fully saturated rings. The van der Waals surface area contributed by atoms with Crippen LogP contribution in [-0.4, -0.2) is 32.8 Å². The number of carbonyl (C=O) groups excluding carboxylic acids is 1. The van der Waals surface area contributed by atoms with Gasteiger partial charge in [-0.3, -0.25) is 4.79 Å². The van der Waals surface area contributed by atoms with E-state index in [4.69, 9.17) is 9.47 Å². The fraction of sp³-hybridized carbons (Fsp3) is 0.316. The smallest absolute Gasteiger partial charge is 0.251 e. The molecule has 0 saturated heterocycles. The van der Waals surface area contributed by atoms with Crippen molar-refractivity contribution in [1.29, 1.82) is 0 Å². The summed E-state index contributed by atoms with van der Waals surface area (Å²) in [6, 6.07) is 15.6. The molecule has 2 aromatic rings. The molecule has 1 N–H and O–H groups in total. The Morgan fingerprint density at radius 1 is 1.17 bits per heavy atom. The highest BCUT2D eigenvalue weighted by atomic mass is 32.2. The van der Waals surface area contributed by atoms with Crippen LogP contribution in [0.3, 0.4) is 0 Å². The predicted octanol–water partition coefficient (Wildman–Crippen LogP) is 3.75. The Morgan fingerprint density at radius 3 is 2.58 bits per heavy atom. The van der Waals surface area contributed by atoms with Gasteiger partial charge in [-0.2, -0.15) is 0 Å².